The molecule has 0 saturated carbocycles. The van der Waals surface area contributed by atoms with E-state index >= 15 is 0 Å². The molecular weight excluding hydrogens is 390 g/mol. The van der Waals surface area contributed by atoms with Crippen LogP contribution >= 0.6 is 11.6 Å². The number of anilines is 1. The minimum absolute atomic E-state index is 0.243. The van der Waals surface area contributed by atoms with Crippen molar-refractivity contribution in [3.05, 3.63) is 83.4 Å². The van der Waals surface area contributed by atoms with Crippen LogP contribution in [0.25, 0.3) is 22.8 Å². The molecule has 1 heterocycles. The summed E-state index contributed by atoms with van der Waals surface area (Å²) in [6.45, 7) is 0. The number of nitrogens with one attached hydrogen (secondary N) is 1. The number of para-hydroxylation sites is 1. The van der Waals surface area contributed by atoms with Gasteiger partial charge in [-0.2, -0.15) is 4.98 Å². The maximum atomic E-state index is 12.8. The molecule has 0 unspecified atom stereocenters. The summed E-state index contributed by atoms with van der Waals surface area (Å²) in [6, 6.07) is 21.3. The molecule has 7 heteroatoms. The molecule has 0 aliphatic carbocycles. The van der Waals surface area contributed by atoms with Crippen molar-refractivity contribution in [1.29, 1.82) is 0 Å². The first-order valence-electron chi connectivity index (χ1n) is 8.79. The van der Waals surface area contributed by atoms with Crippen molar-refractivity contribution in [2.75, 3.05) is 12.4 Å². The SMILES string of the molecule is COc1ccccc1-c1noc(-c2ccccc2C(=O)Nc2ccc(Cl)cc2)n1. The Hall–Kier alpha value is -3.64. The topological polar surface area (TPSA) is 77.2 Å². The molecule has 29 heavy (non-hydrogen) atoms. The maximum absolute atomic E-state index is 12.8. The Bertz CT molecular complexity index is 1160. The molecule has 3 aromatic carbocycles. The van der Waals surface area contributed by atoms with Gasteiger partial charge < -0.3 is 14.6 Å². The van der Waals surface area contributed by atoms with Crippen molar-refractivity contribution in [2.24, 2.45) is 0 Å². The second kappa shape index (κ2) is 8.16. The molecule has 4 rings (SSSR count). The molecular formula is C22H16ClN3O3. The van der Waals surface area contributed by atoms with Crippen LogP contribution in [0.4, 0.5) is 5.69 Å². The Morgan fingerprint density at radius 1 is 0.966 bits per heavy atom. The highest BCUT2D eigenvalue weighted by atomic mass is 35.5. The Morgan fingerprint density at radius 2 is 1.66 bits per heavy atom. The Kier molecular flexibility index (Phi) is 5.27. The van der Waals surface area contributed by atoms with Gasteiger partial charge in [0.25, 0.3) is 11.8 Å². The van der Waals surface area contributed by atoms with E-state index in [4.69, 9.17) is 20.9 Å². The average molecular weight is 406 g/mol. The number of amides is 1. The molecule has 6 nitrogen and oxygen atoms in total. The standard InChI is InChI=1S/C22H16ClN3O3/c1-28-19-9-5-4-8-18(19)20-25-22(29-26-20)17-7-3-2-6-16(17)21(27)24-15-12-10-14(23)11-13-15/h2-13H,1H3,(H,24,27). The molecule has 0 aliphatic rings. The molecule has 0 spiro atoms. The zero-order valence-electron chi connectivity index (χ0n) is 15.4. The first-order chi connectivity index (χ1) is 14.2. The van der Waals surface area contributed by atoms with Crippen LogP contribution in [0.5, 0.6) is 5.75 Å². The molecule has 4 aromatic rings. The molecule has 1 N–H and O–H groups in total. The predicted octanol–water partition coefficient (Wildman–Crippen LogP) is 5.32. The quantitative estimate of drug-likeness (QED) is 0.486. The minimum atomic E-state index is -0.292. The molecule has 1 aromatic heterocycles. The molecule has 0 atom stereocenters. The summed E-state index contributed by atoms with van der Waals surface area (Å²) in [5.41, 5.74) is 2.29. The van der Waals surface area contributed by atoms with Gasteiger partial charge in [-0.15, -0.1) is 0 Å². The van der Waals surface area contributed by atoms with Gasteiger partial charge in [-0.3, -0.25) is 4.79 Å². The van der Waals surface area contributed by atoms with E-state index < -0.39 is 0 Å². The lowest BCUT2D eigenvalue weighted by Gasteiger charge is -2.08. The number of aromatic nitrogens is 2. The third kappa shape index (κ3) is 3.97. The van der Waals surface area contributed by atoms with Gasteiger partial charge in [-0.05, 0) is 48.5 Å². The van der Waals surface area contributed by atoms with E-state index in [9.17, 15) is 4.79 Å². The van der Waals surface area contributed by atoms with Gasteiger partial charge in [0.2, 0.25) is 5.82 Å². The van der Waals surface area contributed by atoms with Crippen LogP contribution in [0.15, 0.2) is 77.3 Å². The van der Waals surface area contributed by atoms with Crippen molar-refractivity contribution in [3.63, 3.8) is 0 Å². The lowest BCUT2D eigenvalue weighted by Crippen LogP contribution is -2.13. The highest BCUT2D eigenvalue weighted by Crippen LogP contribution is 2.30. The number of halogens is 1. The fraction of sp³-hybridized carbons (Fsp3) is 0.0455. The first-order valence-corrected chi connectivity index (χ1v) is 9.17. The van der Waals surface area contributed by atoms with Crippen molar-refractivity contribution in [2.45, 2.75) is 0 Å². The lowest BCUT2D eigenvalue weighted by molar-refractivity contribution is 0.102. The van der Waals surface area contributed by atoms with Gasteiger partial charge in [0, 0.05) is 10.7 Å². The smallest absolute Gasteiger partial charge is 0.259 e. The number of ether oxygens (including phenoxy) is 1. The number of hydrogen-bond donors (Lipinski definition) is 1. The molecule has 0 saturated heterocycles. The zero-order chi connectivity index (χ0) is 20.2. The second-order valence-electron chi connectivity index (χ2n) is 6.13. The van der Waals surface area contributed by atoms with Crippen LogP contribution in [0.2, 0.25) is 5.02 Å². The maximum Gasteiger partial charge on any atom is 0.259 e. The van der Waals surface area contributed by atoms with E-state index in [2.05, 4.69) is 15.5 Å². The fourth-order valence-electron chi connectivity index (χ4n) is 2.87. The number of methoxy groups -OCH3 is 1. The van der Waals surface area contributed by atoms with E-state index in [-0.39, 0.29) is 11.8 Å². The van der Waals surface area contributed by atoms with Gasteiger partial charge in [0.05, 0.1) is 23.8 Å². The number of carbonyl (C=O) groups is 1. The average Bonchev–Trinajstić information content (AvgIpc) is 3.25. The second-order valence-corrected chi connectivity index (χ2v) is 6.57. The zero-order valence-corrected chi connectivity index (χ0v) is 16.2. The third-order valence-electron chi connectivity index (χ3n) is 4.28. The first kappa shape index (κ1) is 18.7. The monoisotopic (exact) mass is 405 g/mol. The Morgan fingerprint density at radius 3 is 2.41 bits per heavy atom. The van der Waals surface area contributed by atoms with Crippen LogP contribution in [0, 0.1) is 0 Å². The summed E-state index contributed by atoms with van der Waals surface area (Å²) < 4.78 is 10.8. The summed E-state index contributed by atoms with van der Waals surface area (Å²) in [4.78, 5) is 17.3. The molecule has 144 valence electrons. The third-order valence-corrected chi connectivity index (χ3v) is 4.53. The summed E-state index contributed by atoms with van der Waals surface area (Å²) in [5, 5.41) is 7.49. The number of nitrogens with zero attached hydrogens (tertiary/aromatic N) is 2. The highest BCUT2D eigenvalue weighted by Gasteiger charge is 2.19. The molecule has 0 aliphatic heterocycles. The van der Waals surface area contributed by atoms with Crippen molar-refractivity contribution in [3.8, 4) is 28.6 Å². The van der Waals surface area contributed by atoms with E-state index in [1.54, 1.807) is 55.6 Å². The van der Waals surface area contributed by atoms with Crippen LogP contribution in [-0.4, -0.2) is 23.2 Å². The van der Waals surface area contributed by atoms with Crippen molar-refractivity contribution < 1.29 is 14.1 Å². The van der Waals surface area contributed by atoms with Gasteiger partial charge in [-0.1, -0.05) is 41.0 Å². The van der Waals surface area contributed by atoms with Gasteiger partial charge in [-0.25, -0.2) is 0 Å². The Balaban J connectivity index is 1.66. The van der Waals surface area contributed by atoms with E-state index in [0.29, 0.717) is 39.0 Å². The normalized spacial score (nSPS) is 10.6. The summed E-state index contributed by atoms with van der Waals surface area (Å²) in [6.07, 6.45) is 0. The van der Waals surface area contributed by atoms with Crippen LogP contribution in [0.1, 0.15) is 10.4 Å². The number of carbonyl (C=O) groups excluding carboxylic acids is 1. The van der Waals surface area contributed by atoms with E-state index in [0.717, 1.165) is 0 Å². The van der Waals surface area contributed by atoms with Gasteiger partial charge in [0.1, 0.15) is 5.75 Å². The van der Waals surface area contributed by atoms with Crippen LogP contribution in [-0.2, 0) is 0 Å². The van der Waals surface area contributed by atoms with Gasteiger partial charge >= 0.3 is 0 Å². The van der Waals surface area contributed by atoms with Gasteiger partial charge in [0.15, 0.2) is 0 Å². The van der Waals surface area contributed by atoms with Crippen molar-refractivity contribution in [1.82, 2.24) is 10.1 Å². The van der Waals surface area contributed by atoms with Crippen LogP contribution < -0.4 is 10.1 Å². The molecule has 0 radical (unpaired) electrons. The predicted molar refractivity (Wildman–Crippen MR) is 111 cm³/mol. The summed E-state index contributed by atoms with van der Waals surface area (Å²) in [7, 11) is 1.58. The minimum Gasteiger partial charge on any atom is -0.496 e. The molecule has 1 amide bonds. The lowest BCUT2D eigenvalue weighted by atomic mass is 10.1. The summed E-state index contributed by atoms with van der Waals surface area (Å²) >= 11 is 5.90. The Labute approximate surface area is 172 Å². The van der Waals surface area contributed by atoms with Crippen LogP contribution in [0.3, 0.4) is 0 Å². The number of rotatable bonds is 5. The largest absolute Gasteiger partial charge is 0.496 e. The highest BCUT2D eigenvalue weighted by molar-refractivity contribution is 6.30. The number of hydrogen-bond acceptors (Lipinski definition) is 5. The van der Waals surface area contributed by atoms with E-state index in [1.807, 2.05) is 24.3 Å². The molecule has 0 fully saturated rings. The fourth-order valence-corrected chi connectivity index (χ4v) is 3.00. The molecule has 0 bridgehead atoms. The number of benzene rings is 3. The van der Waals surface area contributed by atoms with E-state index in [1.165, 1.54) is 0 Å². The van der Waals surface area contributed by atoms with Crippen molar-refractivity contribution >= 4 is 23.2 Å². The summed E-state index contributed by atoms with van der Waals surface area (Å²) in [5.74, 6) is 0.965.